The zero-order chi connectivity index (χ0) is 11.3. The van der Waals surface area contributed by atoms with E-state index in [-0.39, 0.29) is 5.54 Å². The number of thioether (sulfide) groups is 1. The maximum absolute atomic E-state index is 6.35. The van der Waals surface area contributed by atoms with Crippen LogP contribution < -0.4 is 5.73 Å². The van der Waals surface area contributed by atoms with Crippen molar-refractivity contribution in [3.05, 3.63) is 0 Å². The van der Waals surface area contributed by atoms with Crippen molar-refractivity contribution in [2.24, 2.45) is 5.73 Å². The maximum Gasteiger partial charge on any atom is 0.0166 e. The van der Waals surface area contributed by atoms with Crippen LogP contribution in [0.15, 0.2) is 0 Å². The van der Waals surface area contributed by atoms with Crippen LogP contribution in [-0.4, -0.2) is 42.1 Å². The van der Waals surface area contributed by atoms with Crippen molar-refractivity contribution in [1.82, 2.24) is 4.90 Å². The molecule has 0 heterocycles. The van der Waals surface area contributed by atoms with Gasteiger partial charge >= 0.3 is 0 Å². The molecule has 1 rings (SSSR count). The lowest BCUT2D eigenvalue weighted by Crippen LogP contribution is -2.42. The number of nitrogens with two attached hydrogens (primary N) is 1. The van der Waals surface area contributed by atoms with E-state index in [1.807, 2.05) is 11.8 Å². The van der Waals surface area contributed by atoms with Gasteiger partial charge in [0.15, 0.2) is 0 Å². The SMILES string of the molecule is CSCC(C)N(C)CCC1(N)CCCC1. The lowest BCUT2D eigenvalue weighted by Gasteiger charge is -2.29. The van der Waals surface area contributed by atoms with Crippen LogP contribution in [0.25, 0.3) is 0 Å². The van der Waals surface area contributed by atoms with Crippen LogP contribution in [0.1, 0.15) is 39.0 Å². The number of hydrogen-bond acceptors (Lipinski definition) is 3. The molecule has 0 radical (unpaired) electrons. The molecule has 0 aromatic heterocycles. The molecule has 2 nitrogen and oxygen atoms in total. The second-order valence-electron chi connectivity index (χ2n) is 5.10. The largest absolute Gasteiger partial charge is 0.325 e. The van der Waals surface area contributed by atoms with Gasteiger partial charge < -0.3 is 10.6 Å². The minimum Gasteiger partial charge on any atom is -0.325 e. The average molecular weight is 230 g/mol. The van der Waals surface area contributed by atoms with Crippen LogP contribution in [-0.2, 0) is 0 Å². The Morgan fingerprint density at radius 2 is 2.00 bits per heavy atom. The summed E-state index contributed by atoms with van der Waals surface area (Å²) in [6.45, 7) is 3.45. The number of nitrogens with zero attached hydrogens (tertiary/aromatic N) is 1. The van der Waals surface area contributed by atoms with E-state index in [1.54, 1.807) is 0 Å². The minimum atomic E-state index is 0.160. The number of rotatable bonds is 6. The van der Waals surface area contributed by atoms with Gasteiger partial charge in [0.2, 0.25) is 0 Å². The molecule has 0 aliphatic heterocycles. The standard InChI is InChI=1S/C12H26N2S/c1-11(10-15-3)14(2)9-8-12(13)6-4-5-7-12/h11H,4-10,13H2,1-3H3. The fourth-order valence-corrected chi connectivity index (χ4v) is 3.05. The quantitative estimate of drug-likeness (QED) is 0.759. The first-order valence-corrected chi connectivity index (χ1v) is 7.45. The molecule has 3 heteroatoms. The molecule has 1 fully saturated rings. The van der Waals surface area contributed by atoms with Gasteiger partial charge in [-0.2, -0.15) is 11.8 Å². The van der Waals surface area contributed by atoms with E-state index in [1.165, 1.54) is 37.9 Å². The Morgan fingerprint density at radius 1 is 1.40 bits per heavy atom. The highest BCUT2D eigenvalue weighted by Crippen LogP contribution is 2.30. The lowest BCUT2D eigenvalue weighted by molar-refractivity contribution is 0.241. The van der Waals surface area contributed by atoms with Gasteiger partial charge in [0.1, 0.15) is 0 Å². The third-order valence-corrected chi connectivity index (χ3v) is 4.54. The van der Waals surface area contributed by atoms with Gasteiger partial charge in [-0.15, -0.1) is 0 Å². The predicted molar refractivity (Wildman–Crippen MR) is 70.5 cm³/mol. The highest BCUT2D eigenvalue weighted by Gasteiger charge is 2.29. The van der Waals surface area contributed by atoms with Crippen molar-refractivity contribution in [2.75, 3.05) is 25.6 Å². The summed E-state index contributed by atoms with van der Waals surface area (Å²) in [6, 6.07) is 0.671. The van der Waals surface area contributed by atoms with Crippen LogP contribution in [0.3, 0.4) is 0 Å². The van der Waals surface area contributed by atoms with E-state index in [9.17, 15) is 0 Å². The second-order valence-corrected chi connectivity index (χ2v) is 6.02. The Bertz CT molecular complexity index is 178. The van der Waals surface area contributed by atoms with E-state index in [2.05, 4.69) is 25.1 Å². The molecule has 90 valence electrons. The summed E-state index contributed by atoms with van der Waals surface area (Å²) >= 11 is 1.92. The third kappa shape index (κ3) is 4.33. The normalized spacial score (nSPS) is 22.2. The maximum atomic E-state index is 6.35. The fourth-order valence-electron chi connectivity index (χ4n) is 2.32. The van der Waals surface area contributed by atoms with Crippen molar-refractivity contribution in [2.45, 2.75) is 50.6 Å². The first-order valence-electron chi connectivity index (χ1n) is 6.05. The Hall–Kier alpha value is 0.270. The molecule has 0 bridgehead atoms. The molecule has 0 aromatic rings. The van der Waals surface area contributed by atoms with Gasteiger partial charge in [0.05, 0.1) is 0 Å². The molecule has 0 aromatic carbocycles. The van der Waals surface area contributed by atoms with Crippen molar-refractivity contribution in [3.63, 3.8) is 0 Å². The molecule has 0 amide bonds. The monoisotopic (exact) mass is 230 g/mol. The van der Waals surface area contributed by atoms with Gasteiger partial charge in [-0.05, 0) is 46.0 Å². The van der Waals surface area contributed by atoms with Crippen molar-refractivity contribution in [3.8, 4) is 0 Å². The molecule has 2 N–H and O–H groups in total. The smallest absolute Gasteiger partial charge is 0.0166 e. The highest BCUT2D eigenvalue weighted by atomic mass is 32.2. The topological polar surface area (TPSA) is 29.3 Å². The summed E-state index contributed by atoms with van der Waals surface area (Å²) in [7, 11) is 2.22. The molecule has 1 aliphatic rings. The van der Waals surface area contributed by atoms with Crippen molar-refractivity contribution in [1.29, 1.82) is 0 Å². The Labute approximate surface area is 99.0 Å². The predicted octanol–water partition coefficient (Wildman–Crippen LogP) is 2.33. The zero-order valence-corrected chi connectivity index (χ0v) is 11.3. The van der Waals surface area contributed by atoms with Crippen LogP contribution in [0.4, 0.5) is 0 Å². The van der Waals surface area contributed by atoms with E-state index in [0.29, 0.717) is 6.04 Å². The van der Waals surface area contributed by atoms with Crippen molar-refractivity contribution >= 4 is 11.8 Å². The van der Waals surface area contributed by atoms with Gasteiger partial charge in [-0.25, -0.2) is 0 Å². The molecule has 1 atom stereocenters. The Morgan fingerprint density at radius 3 is 2.53 bits per heavy atom. The number of hydrogen-bond donors (Lipinski definition) is 1. The summed E-state index contributed by atoms with van der Waals surface area (Å²) in [5.41, 5.74) is 6.51. The fraction of sp³-hybridized carbons (Fsp3) is 1.00. The van der Waals surface area contributed by atoms with Crippen molar-refractivity contribution < 1.29 is 0 Å². The zero-order valence-electron chi connectivity index (χ0n) is 10.5. The Kier molecular flexibility index (Phi) is 5.44. The molecule has 1 saturated carbocycles. The summed E-state index contributed by atoms with van der Waals surface area (Å²) < 4.78 is 0. The van der Waals surface area contributed by atoms with E-state index in [4.69, 9.17) is 5.73 Å². The van der Waals surface area contributed by atoms with Crippen LogP contribution >= 0.6 is 11.8 Å². The second kappa shape index (κ2) is 6.12. The van der Waals surface area contributed by atoms with Gasteiger partial charge in [0.25, 0.3) is 0 Å². The third-order valence-electron chi connectivity index (χ3n) is 3.72. The van der Waals surface area contributed by atoms with Gasteiger partial charge in [-0.1, -0.05) is 12.8 Å². The van der Waals surface area contributed by atoms with Gasteiger partial charge in [-0.3, -0.25) is 0 Å². The highest BCUT2D eigenvalue weighted by molar-refractivity contribution is 7.98. The first kappa shape index (κ1) is 13.3. The molecule has 15 heavy (non-hydrogen) atoms. The summed E-state index contributed by atoms with van der Waals surface area (Å²) in [5, 5.41) is 0. The van der Waals surface area contributed by atoms with Crippen LogP contribution in [0.5, 0.6) is 0 Å². The summed E-state index contributed by atoms with van der Waals surface area (Å²) in [4.78, 5) is 2.45. The molecule has 0 spiro atoms. The first-order chi connectivity index (χ1) is 7.07. The van der Waals surface area contributed by atoms with E-state index in [0.717, 1.165) is 6.54 Å². The van der Waals surface area contributed by atoms with Crippen LogP contribution in [0.2, 0.25) is 0 Å². The summed E-state index contributed by atoms with van der Waals surface area (Å²) in [5.74, 6) is 1.22. The Balaban J connectivity index is 2.23. The van der Waals surface area contributed by atoms with E-state index < -0.39 is 0 Å². The molecule has 1 aliphatic carbocycles. The molecular weight excluding hydrogens is 204 g/mol. The van der Waals surface area contributed by atoms with Gasteiger partial charge in [0, 0.05) is 17.3 Å². The minimum absolute atomic E-state index is 0.160. The molecular formula is C12H26N2S. The average Bonchev–Trinajstić information content (AvgIpc) is 2.63. The summed E-state index contributed by atoms with van der Waals surface area (Å²) in [6.07, 6.45) is 8.48. The van der Waals surface area contributed by atoms with E-state index >= 15 is 0 Å². The molecule has 1 unspecified atom stereocenters. The lowest BCUT2D eigenvalue weighted by atomic mass is 9.94. The molecule has 0 saturated heterocycles. The van der Waals surface area contributed by atoms with Crippen LogP contribution in [0, 0.1) is 0 Å².